The molecule has 1 aliphatic rings. The second-order valence-electron chi connectivity index (χ2n) is 2.52. The Morgan fingerprint density at radius 1 is 1.60 bits per heavy atom. The van der Waals surface area contributed by atoms with Gasteiger partial charge in [-0.25, -0.2) is 0 Å². The number of rotatable bonds is 1. The molecule has 1 rings (SSSR count). The van der Waals surface area contributed by atoms with E-state index in [4.69, 9.17) is 4.74 Å². The molecule has 0 saturated carbocycles. The lowest BCUT2D eigenvalue weighted by Gasteiger charge is -2.16. The summed E-state index contributed by atoms with van der Waals surface area (Å²) in [7, 11) is 0. The van der Waals surface area contributed by atoms with Crippen LogP contribution in [0.1, 0.15) is 26.2 Å². The summed E-state index contributed by atoms with van der Waals surface area (Å²) in [4.78, 5) is 10.5. The van der Waals surface area contributed by atoms with Gasteiger partial charge >= 0.3 is 5.97 Å². The molecule has 0 aliphatic heterocycles. The summed E-state index contributed by atoms with van der Waals surface area (Å²) in [5.74, 6) is -0.166. The van der Waals surface area contributed by atoms with Gasteiger partial charge < -0.3 is 4.74 Å². The summed E-state index contributed by atoms with van der Waals surface area (Å²) >= 11 is 0. The Labute approximate surface area is 60.9 Å². The smallest absolute Gasteiger partial charge is 0.302 e. The zero-order valence-corrected chi connectivity index (χ0v) is 6.17. The van der Waals surface area contributed by atoms with Gasteiger partial charge in [-0.15, -0.1) is 0 Å². The molecule has 0 N–H and O–H groups in total. The second kappa shape index (κ2) is 3.40. The molecule has 0 aromatic heterocycles. The Morgan fingerprint density at radius 3 is 2.90 bits per heavy atom. The third-order valence-electron chi connectivity index (χ3n) is 1.55. The Kier molecular flexibility index (Phi) is 2.49. The van der Waals surface area contributed by atoms with E-state index in [2.05, 4.69) is 12.2 Å². The summed E-state index contributed by atoms with van der Waals surface area (Å²) in [6.07, 6.45) is 7.24. The number of ether oxygens (including phenoxy) is 1. The molecule has 1 atom stereocenters. The zero-order chi connectivity index (χ0) is 7.40. The Hall–Kier alpha value is -0.790. The van der Waals surface area contributed by atoms with E-state index < -0.39 is 0 Å². The highest BCUT2D eigenvalue weighted by atomic mass is 16.5. The molecule has 2 nitrogen and oxygen atoms in total. The topological polar surface area (TPSA) is 26.3 Å². The highest BCUT2D eigenvalue weighted by Gasteiger charge is 2.11. The SMILES string of the molecule is CC(=O)O[C@@H]1CC=CCC1. The molecule has 0 aromatic rings. The van der Waals surface area contributed by atoms with Gasteiger partial charge in [-0.2, -0.15) is 0 Å². The van der Waals surface area contributed by atoms with E-state index in [1.165, 1.54) is 6.92 Å². The van der Waals surface area contributed by atoms with Crippen molar-refractivity contribution < 1.29 is 9.53 Å². The summed E-state index contributed by atoms with van der Waals surface area (Å²) in [5, 5.41) is 0. The van der Waals surface area contributed by atoms with Gasteiger partial charge in [-0.3, -0.25) is 4.79 Å². The van der Waals surface area contributed by atoms with Crippen LogP contribution in [0.3, 0.4) is 0 Å². The van der Waals surface area contributed by atoms with Crippen LogP contribution in [0.5, 0.6) is 0 Å². The van der Waals surface area contributed by atoms with Gasteiger partial charge in [0.15, 0.2) is 0 Å². The van der Waals surface area contributed by atoms with Gasteiger partial charge in [0.1, 0.15) is 6.10 Å². The molecule has 0 unspecified atom stereocenters. The predicted octanol–water partition coefficient (Wildman–Crippen LogP) is 1.66. The van der Waals surface area contributed by atoms with E-state index in [1.54, 1.807) is 0 Å². The number of carbonyl (C=O) groups excluding carboxylic acids is 1. The number of carbonyl (C=O) groups is 1. The summed E-state index contributed by atoms with van der Waals surface area (Å²) in [6.45, 7) is 1.46. The van der Waals surface area contributed by atoms with Crippen molar-refractivity contribution >= 4 is 5.97 Å². The van der Waals surface area contributed by atoms with E-state index >= 15 is 0 Å². The van der Waals surface area contributed by atoms with Crippen LogP contribution >= 0.6 is 0 Å². The van der Waals surface area contributed by atoms with Gasteiger partial charge in [0.25, 0.3) is 0 Å². The maximum Gasteiger partial charge on any atom is 0.302 e. The minimum Gasteiger partial charge on any atom is -0.462 e. The molecule has 2 heteroatoms. The molecule has 56 valence electrons. The van der Waals surface area contributed by atoms with E-state index in [0.29, 0.717) is 0 Å². The minimum atomic E-state index is -0.166. The van der Waals surface area contributed by atoms with Crippen molar-refractivity contribution in [2.24, 2.45) is 0 Å². The van der Waals surface area contributed by atoms with Gasteiger partial charge in [0, 0.05) is 13.3 Å². The van der Waals surface area contributed by atoms with Crippen LogP contribution in [-0.2, 0) is 9.53 Å². The lowest BCUT2D eigenvalue weighted by atomic mass is 10.1. The quantitative estimate of drug-likeness (QED) is 0.409. The van der Waals surface area contributed by atoms with E-state index in [1.807, 2.05) is 0 Å². The first kappa shape index (κ1) is 7.32. The number of esters is 1. The molecule has 0 saturated heterocycles. The number of allylic oxidation sites excluding steroid dienone is 1. The lowest BCUT2D eigenvalue weighted by Crippen LogP contribution is -2.16. The molecule has 1 aliphatic carbocycles. The maximum atomic E-state index is 10.5. The molecule has 0 fully saturated rings. The Morgan fingerprint density at radius 2 is 2.40 bits per heavy atom. The summed E-state index contributed by atoms with van der Waals surface area (Å²) in [5.41, 5.74) is 0. The Balaban J connectivity index is 2.28. The molecule has 0 amide bonds. The first-order chi connectivity index (χ1) is 4.79. The monoisotopic (exact) mass is 140 g/mol. The van der Waals surface area contributed by atoms with E-state index in [-0.39, 0.29) is 12.1 Å². The number of hydrogen-bond donors (Lipinski definition) is 0. The molecule has 0 spiro atoms. The average molecular weight is 140 g/mol. The van der Waals surface area contributed by atoms with Gasteiger partial charge in [-0.1, -0.05) is 12.2 Å². The predicted molar refractivity (Wildman–Crippen MR) is 38.5 cm³/mol. The largest absolute Gasteiger partial charge is 0.462 e. The highest BCUT2D eigenvalue weighted by molar-refractivity contribution is 5.66. The van der Waals surface area contributed by atoms with Crippen LogP contribution in [0.4, 0.5) is 0 Å². The third kappa shape index (κ3) is 2.21. The first-order valence-corrected chi connectivity index (χ1v) is 3.61. The fraction of sp³-hybridized carbons (Fsp3) is 0.625. The second-order valence-corrected chi connectivity index (χ2v) is 2.52. The van der Waals surface area contributed by atoms with Crippen LogP contribution in [0.2, 0.25) is 0 Å². The fourth-order valence-electron chi connectivity index (χ4n) is 1.11. The first-order valence-electron chi connectivity index (χ1n) is 3.61. The molecular formula is C8H12O2. The fourth-order valence-corrected chi connectivity index (χ4v) is 1.11. The van der Waals surface area contributed by atoms with Crippen molar-refractivity contribution in [3.8, 4) is 0 Å². The van der Waals surface area contributed by atoms with Crippen molar-refractivity contribution in [1.82, 2.24) is 0 Å². The van der Waals surface area contributed by atoms with Gasteiger partial charge in [-0.05, 0) is 12.8 Å². The van der Waals surface area contributed by atoms with Crippen molar-refractivity contribution in [1.29, 1.82) is 0 Å². The average Bonchev–Trinajstić information content (AvgIpc) is 1.88. The highest BCUT2D eigenvalue weighted by Crippen LogP contribution is 2.13. The maximum absolute atomic E-state index is 10.5. The number of hydrogen-bond acceptors (Lipinski definition) is 2. The van der Waals surface area contributed by atoms with Gasteiger partial charge in [0.05, 0.1) is 0 Å². The van der Waals surface area contributed by atoms with Crippen LogP contribution in [0.15, 0.2) is 12.2 Å². The lowest BCUT2D eigenvalue weighted by molar-refractivity contribution is -0.146. The van der Waals surface area contributed by atoms with Crippen LogP contribution in [0.25, 0.3) is 0 Å². The molecule has 10 heavy (non-hydrogen) atoms. The standard InChI is InChI=1S/C8H12O2/c1-7(9)10-8-5-3-2-4-6-8/h2-3,8H,4-6H2,1H3/t8-/m1/s1. The minimum absolute atomic E-state index is 0.141. The van der Waals surface area contributed by atoms with E-state index in [0.717, 1.165) is 19.3 Å². The van der Waals surface area contributed by atoms with Crippen molar-refractivity contribution in [3.05, 3.63) is 12.2 Å². The summed E-state index contributed by atoms with van der Waals surface area (Å²) < 4.78 is 5.00. The van der Waals surface area contributed by atoms with Crippen molar-refractivity contribution in [3.63, 3.8) is 0 Å². The van der Waals surface area contributed by atoms with Crippen molar-refractivity contribution in [2.45, 2.75) is 32.3 Å². The van der Waals surface area contributed by atoms with Gasteiger partial charge in [0.2, 0.25) is 0 Å². The molecule has 0 heterocycles. The molecular weight excluding hydrogens is 128 g/mol. The van der Waals surface area contributed by atoms with E-state index in [9.17, 15) is 4.79 Å². The zero-order valence-electron chi connectivity index (χ0n) is 6.17. The van der Waals surface area contributed by atoms with Crippen molar-refractivity contribution in [2.75, 3.05) is 0 Å². The Bertz CT molecular complexity index is 149. The van der Waals surface area contributed by atoms with Crippen LogP contribution in [0, 0.1) is 0 Å². The molecule has 0 bridgehead atoms. The molecule has 0 radical (unpaired) electrons. The van der Waals surface area contributed by atoms with Crippen LogP contribution in [-0.4, -0.2) is 12.1 Å². The molecule has 0 aromatic carbocycles. The van der Waals surface area contributed by atoms with Crippen LogP contribution < -0.4 is 0 Å². The normalized spacial score (nSPS) is 24.3. The summed E-state index contributed by atoms with van der Waals surface area (Å²) in [6, 6.07) is 0. The third-order valence-corrected chi connectivity index (χ3v) is 1.55.